The van der Waals surface area contributed by atoms with E-state index in [2.05, 4.69) is 47.5 Å². The molecule has 1 saturated heterocycles. The highest BCUT2D eigenvalue weighted by Gasteiger charge is 2.24. The summed E-state index contributed by atoms with van der Waals surface area (Å²) in [5.41, 5.74) is 4.28. The monoisotopic (exact) mass is 228 g/mol. The van der Waals surface area contributed by atoms with Gasteiger partial charge in [-0.3, -0.25) is 0 Å². The highest BCUT2D eigenvalue weighted by atomic mass is 15.2. The lowest BCUT2D eigenvalue weighted by Gasteiger charge is -2.39. The molecular weight excluding hydrogens is 208 g/mol. The molecule has 3 rings (SSSR count). The van der Waals surface area contributed by atoms with Crippen LogP contribution in [0.15, 0.2) is 29.8 Å². The number of piperidine rings is 1. The molecule has 2 heterocycles. The first-order chi connectivity index (χ1) is 8.34. The predicted molar refractivity (Wildman–Crippen MR) is 73.3 cm³/mol. The molecule has 2 nitrogen and oxygen atoms in total. The van der Waals surface area contributed by atoms with Gasteiger partial charge in [0, 0.05) is 18.3 Å². The molecule has 2 heteroatoms. The number of hydrogen-bond acceptors (Lipinski definition) is 2. The fourth-order valence-electron chi connectivity index (χ4n) is 2.98. The van der Waals surface area contributed by atoms with Crippen LogP contribution in [0.5, 0.6) is 0 Å². The molecule has 0 aliphatic carbocycles. The lowest BCUT2D eigenvalue weighted by atomic mass is 9.97. The summed E-state index contributed by atoms with van der Waals surface area (Å²) in [6.45, 7) is 5.66. The van der Waals surface area contributed by atoms with Gasteiger partial charge in [-0.25, -0.2) is 0 Å². The van der Waals surface area contributed by atoms with Gasteiger partial charge in [0.2, 0.25) is 0 Å². The van der Waals surface area contributed by atoms with Crippen molar-refractivity contribution >= 4 is 11.8 Å². The minimum absolute atomic E-state index is 0.709. The Labute approximate surface area is 103 Å². The second-order valence-corrected chi connectivity index (χ2v) is 5.16. The Bertz CT molecular complexity index is 430. The lowest BCUT2D eigenvalue weighted by Crippen LogP contribution is -2.45. The number of para-hydroxylation sites is 1. The lowest BCUT2D eigenvalue weighted by molar-refractivity contribution is 0.434. The molecule has 2 aliphatic rings. The first-order valence-corrected chi connectivity index (χ1v) is 6.58. The number of anilines is 1. The number of nitrogens with zero attached hydrogens (tertiary/aromatic N) is 1. The van der Waals surface area contributed by atoms with Crippen LogP contribution in [0.1, 0.15) is 25.3 Å². The Kier molecular flexibility index (Phi) is 2.89. The summed E-state index contributed by atoms with van der Waals surface area (Å²) in [6.07, 6.45) is 4.86. The fraction of sp³-hybridized carbons (Fsp3) is 0.467. The molecule has 1 N–H and O–H groups in total. The molecule has 0 spiro atoms. The summed E-state index contributed by atoms with van der Waals surface area (Å²) in [4.78, 5) is 2.60. The smallest absolute Gasteiger partial charge is 0.0445 e. The predicted octanol–water partition coefficient (Wildman–Crippen LogP) is 2.66. The van der Waals surface area contributed by atoms with E-state index in [4.69, 9.17) is 0 Å². The van der Waals surface area contributed by atoms with Crippen LogP contribution in [-0.2, 0) is 0 Å². The summed E-state index contributed by atoms with van der Waals surface area (Å²) >= 11 is 0. The molecule has 0 radical (unpaired) electrons. The largest absolute Gasteiger partial charge is 0.364 e. The van der Waals surface area contributed by atoms with Crippen LogP contribution in [0.25, 0.3) is 6.08 Å². The molecule has 0 atom stereocenters. The van der Waals surface area contributed by atoms with E-state index in [1.165, 1.54) is 29.7 Å². The minimum atomic E-state index is 0.709. The summed E-state index contributed by atoms with van der Waals surface area (Å²) in [5.74, 6) is 0. The minimum Gasteiger partial charge on any atom is -0.364 e. The van der Waals surface area contributed by atoms with E-state index in [1.54, 1.807) is 0 Å². The van der Waals surface area contributed by atoms with Crippen molar-refractivity contribution in [2.75, 3.05) is 24.5 Å². The molecule has 0 aromatic heterocycles. The van der Waals surface area contributed by atoms with E-state index in [1.807, 2.05) is 0 Å². The van der Waals surface area contributed by atoms with Crippen molar-refractivity contribution in [2.24, 2.45) is 0 Å². The molecule has 0 amide bonds. The van der Waals surface area contributed by atoms with E-state index < -0.39 is 0 Å². The second-order valence-electron chi connectivity index (χ2n) is 5.16. The third-order valence-electron chi connectivity index (χ3n) is 3.82. The van der Waals surface area contributed by atoms with Crippen LogP contribution >= 0.6 is 0 Å². The third-order valence-corrected chi connectivity index (χ3v) is 3.82. The van der Waals surface area contributed by atoms with E-state index in [0.29, 0.717) is 6.04 Å². The van der Waals surface area contributed by atoms with E-state index in [-0.39, 0.29) is 0 Å². The molecule has 1 aromatic rings. The molecule has 2 aliphatic heterocycles. The first kappa shape index (κ1) is 10.8. The van der Waals surface area contributed by atoms with Gasteiger partial charge < -0.3 is 10.2 Å². The fourth-order valence-corrected chi connectivity index (χ4v) is 2.98. The van der Waals surface area contributed by atoms with Crippen LogP contribution in [0, 0.1) is 0 Å². The number of fused-ring (bicyclic) bond motifs is 1. The second kappa shape index (κ2) is 4.53. The topological polar surface area (TPSA) is 15.3 Å². The molecule has 90 valence electrons. The van der Waals surface area contributed by atoms with Gasteiger partial charge in [0.15, 0.2) is 0 Å². The highest BCUT2D eigenvalue weighted by Crippen LogP contribution is 2.31. The normalized spacial score (nSPS) is 21.0. The van der Waals surface area contributed by atoms with Gasteiger partial charge in [-0.2, -0.15) is 0 Å². The van der Waals surface area contributed by atoms with Crippen molar-refractivity contribution in [2.45, 2.75) is 25.8 Å². The van der Waals surface area contributed by atoms with Crippen LogP contribution in [0.2, 0.25) is 0 Å². The van der Waals surface area contributed by atoms with Gasteiger partial charge in [0.25, 0.3) is 0 Å². The Morgan fingerprint density at radius 2 is 1.94 bits per heavy atom. The number of benzene rings is 1. The van der Waals surface area contributed by atoms with E-state index in [0.717, 1.165) is 19.6 Å². The summed E-state index contributed by atoms with van der Waals surface area (Å²) < 4.78 is 0. The zero-order chi connectivity index (χ0) is 11.7. The molecule has 1 aromatic carbocycles. The summed E-state index contributed by atoms with van der Waals surface area (Å²) in [7, 11) is 0. The molecule has 17 heavy (non-hydrogen) atoms. The Morgan fingerprint density at radius 1 is 1.18 bits per heavy atom. The van der Waals surface area contributed by atoms with E-state index in [9.17, 15) is 0 Å². The Balaban J connectivity index is 1.93. The SMILES string of the molecule is CC1=Cc2ccccc2N(C2CCNCC2)C1. The van der Waals surface area contributed by atoms with Gasteiger partial charge in [-0.1, -0.05) is 29.8 Å². The van der Waals surface area contributed by atoms with Gasteiger partial charge in [-0.05, 0) is 44.5 Å². The molecular formula is C15H20N2. The molecule has 0 saturated carbocycles. The van der Waals surface area contributed by atoms with Crippen molar-refractivity contribution in [1.29, 1.82) is 0 Å². The maximum Gasteiger partial charge on any atom is 0.0445 e. The zero-order valence-corrected chi connectivity index (χ0v) is 10.4. The van der Waals surface area contributed by atoms with Crippen molar-refractivity contribution in [3.05, 3.63) is 35.4 Å². The van der Waals surface area contributed by atoms with Gasteiger partial charge in [-0.15, -0.1) is 0 Å². The Hall–Kier alpha value is -1.28. The van der Waals surface area contributed by atoms with Crippen molar-refractivity contribution < 1.29 is 0 Å². The summed E-state index contributed by atoms with van der Waals surface area (Å²) in [5, 5.41) is 3.45. The molecule has 1 fully saturated rings. The first-order valence-electron chi connectivity index (χ1n) is 6.58. The molecule has 0 bridgehead atoms. The number of hydrogen-bond donors (Lipinski definition) is 1. The van der Waals surface area contributed by atoms with Crippen LogP contribution in [-0.4, -0.2) is 25.7 Å². The standard InChI is InChI=1S/C15H20N2/c1-12-10-13-4-2-3-5-15(13)17(11-12)14-6-8-16-9-7-14/h2-5,10,14,16H,6-9,11H2,1H3. The quantitative estimate of drug-likeness (QED) is 0.795. The zero-order valence-electron chi connectivity index (χ0n) is 10.4. The molecule has 0 unspecified atom stereocenters. The van der Waals surface area contributed by atoms with Crippen molar-refractivity contribution in [1.82, 2.24) is 5.32 Å². The van der Waals surface area contributed by atoms with E-state index >= 15 is 0 Å². The van der Waals surface area contributed by atoms with Gasteiger partial charge in [0.1, 0.15) is 0 Å². The van der Waals surface area contributed by atoms with Gasteiger partial charge in [0.05, 0.1) is 0 Å². The van der Waals surface area contributed by atoms with Gasteiger partial charge >= 0.3 is 0 Å². The number of rotatable bonds is 1. The maximum atomic E-state index is 3.45. The average molecular weight is 228 g/mol. The third kappa shape index (κ3) is 2.09. The van der Waals surface area contributed by atoms with Crippen molar-refractivity contribution in [3.63, 3.8) is 0 Å². The van der Waals surface area contributed by atoms with Crippen LogP contribution < -0.4 is 10.2 Å². The number of nitrogens with one attached hydrogen (secondary N) is 1. The Morgan fingerprint density at radius 3 is 2.76 bits per heavy atom. The van der Waals surface area contributed by atoms with Crippen LogP contribution in [0.3, 0.4) is 0 Å². The highest BCUT2D eigenvalue weighted by molar-refractivity contribution is 5.73. The average Bonchev–Trinajstić information content (AvgIpc) is 2.39. The maximum absolute atomic E-state index is 3.45. The summed E-state index contributed by atoms with van der Waals surface area (Å²) in [6, 6.07) is 9.49. The van der Waals surface area contributed by atoms with Crippen LogP contribution in [0.4, 0.5) is 5.69 Å². The van der Waals surface area contributed by atoms with Crippen molar-refractivity contribution in [3.8, 4) is 0 Å².